The van der Waals surface area contributed by atoms with Gasteiger partial charge in [-0.3, -0.25) is 0 Å². The molecule has 0 saturated carbocycles. The van der Waals surface area contributed by atoms with E-state index in [1.54, 1.807) is 17.5 Å². The van der Waals surface area contributed by atoms with E-state index in [1.165, 1.54) is 0 Å². The maximum atomic E-state index is 5.54. The first-order valence-electron chi connectivity index (χ1n) is 2.82. The number of rotatable bonds is 0. The second kappa shape index (κ2) is 1.91. The Bertz CT molecular complexity index is 355. The highest BCUT2D eigenvalue weighted by Crippen LogP contribution is 2.22. The molecule has 0 fully saturated rings. The van der Waals surface area contributed by atoms with Crippen LogP contribution in [0.2, 0.25) is 0 Å². The zero-order chi connectivity index (χ0) is 6.97. The van der Waals surface area contributed by atoms with E-state index in [0.29, 0.717) is 5.82 Å². The lowest BCUT2D eigenvalue weighted by atomic mass is 10.4. The molecule has 0 aliphatic carbocycles. The molecule has 0 aliphatic rings. The fourth-order valence-corrected chi connectivity index (χ4v) is 1.60. The van der Waals surface area contributed by atoms with Gasteiger partial charge in [0.25, 0.3) is 0 Å². The number of anilines is 1. The molecule has 0 unspecified atom stereocenters. The highest BCUT2D eigenvalue weighted by Gasteiger charge is 1.98. The lowest BCUT2D eigenvalue weighted by molar-refractivity contribution is 1.06. The summed E-state index contributed by atoms with van der Waals surface area (Å²) in [4.78, 5) is 0. The van der Waals surface area contributed by atoms with Gasteiger partial charge in [0.2, 0.25) is 0 Å². The van der Waals surface area contributed by atoms with E-state index in [-0.39, 0.29) is 0 Å². The highest BCUT2D eigenvalue weighted by molar-refractivity contribution is 7.17. The predicted octanol–water partition coefficient (Wildman–Crippen LogP) is 1.27. The Morgan fingerprint density at radius 2 is 2.40 bits per heavy atom. The Morgan fingerprint density at radius 1 is 1.50 bits per heavy atom. The molecule has 10 heavy (non-hydrogen) atoms. The second-order valence-electron chi connectivity index (χ2n) is 1.93. The average Bonchev–Trinajstić information content (AvgIpc) is 2.36. The fourth-order valence-electron chi connectivity index (χ4n) is 0.828. The number of nitrogens with zero attached hydrogens (tertiary/aromatic N) is 2. The largest absolute Gasteiger partial charge is 0.381 e. The van der Waals surface area contributed by atoms with Crippen LogP contribution >= 0.6 is 11.3 Å². The number of hydrogen-bond donors (Lipinski definition) is 1. The van der Waals surface area contributed by atoms with Gasteiger partial charge in [0.1, 0.15) is 0 Å². The summed E-state index contributed by atoms with van der Waals surface area (Å²) in [6.45, 7) is 0. The minimum Gasteiger partial charge on any atom is -0.381 e. The molecule has 0 amide bonds. The fraction of sp³-hybridized carbons (Fsp3) is 0. The molecule has 2 aromatic rings. The number of thiophene rings is 1. The van der Waals surface area contributed by atoms with E-state index in [1.807, 2.05) is 11.4 Å². The van der Waals surface area contributed by atoms with Crippen molar-refractivity contribution in [1.82, 2.24) is 10.2 Å². The third kappa shape index (κ3) is 0.657. The van der Waals surface area contributed by atoms with Crippen LogP contribution in [0.15, 0.2) is 17.6 Å². The minimum absolute atomic E-state index is 0.521. The van der Waals surface area contributed by atoms with E-state index >= 15 is 0 Å². The van der Waals surface area contributed by atoms with Gasteiger partial charge in [-0.2, -0.15) is 5.10 Å². The van der Waals surface area contributed by atoms with Crippen LogP contribution in [-0.2, 0) is 0 Å². The molecule has 0 bridgehead atoms. The number of fused-ring (bicyclic) bond motifs is 1. The number of aromatic nitrogens is 2. The number of hydrogen-bond acceptors (Lipinski definition) is 4. The van der Waals surface area contributed by atoms with Crippen LogP contribution in [0, 0.1) is 0 Å². The molecule has 2 rings (SSSR count). The highest BCUT2D eigenvalue weighted by atomic mass is 32.1. The van der Waals surface area contributed by atoms with Crippen molar-refractivity contribution in [2.45, 2.75) is 0 Å². The van der Waals surface area contributed by atoms with Gasteiger partial charge in [-0.05, 0) is 11.4 Å². The van der Waals surface area contributed by atoms with Crippen LogP contribution in [0.5, 0.6) is 0 Å². The zero-order valence-electron chi connectivity index (χ0n) is 5.11. The Labute approximate surface area is 61.5 Å². The Balaban J connectivity index is 2.95. The van der Waals surface area contributed by atoms with Crippen molar-refractivity contribution in [2.75, 3.05) is 5.73 Å². The standard InChI is InChI=1S/C6H5N3S/c7-6-5-4(1-2-10-5)3-8-9-6/h1-3H,(H2,7,9). The van der Waals surface area contributed by atoms with Gasteiger partial charge < -0.3 is 5.73 Å². The summed E-state index contributed by atoms with van der Waals surface area (Å²) in [5, 5.41) is 10.5. The normalized spacial score (nSPS) is 10.4. The van der Waals surface area contributed by atoms with Gasteiger partial charge in [0.05, 0.1) is 10.9 Å². The van der Waals surface area contributed by atoms with E-state index in [4.69, 9.17) is 5.73 Å². The monoisotopic (exact) mass is 151 g/mol. The van der Waals surface area contributed by atoms with Crippen LogP contribution in [0.25, 0.3) is 10.1 Å². The first kappa shape index (κ1) is 5.61. The van der Waals surface area contributed by atoms with Gasteiger partial charge in [-0.25, -0.2) is 0 Å². The van der Waals surface area contributed by atoms with Crippen molar-refractivity contribution in [3.63, 3.8) is 0 Å². The van der Waals surface area contributed by atoms with Crippen LogP contribution in [-0.4, -0.2) is 10.2 Å². The van der Waals surface area contributed by atoms with Gasteiger partial charge in [0.15, 0.2) is 5.82 Å². The SMILES string of the molecule is Nc1nncc2ccsc12. The number of nitrogens with two attached hydrogens (primary N) is 1. The maximum absolute atomic E-state index is 5.54. The van der Waals surface area contributed by atoms with Crippen LogP contribution in [0.4, 0.5) is 5.82 Å². The van der Waals surface area contributed by atoms with Gasteiger partial charge >= 0.3 is 0 Å². The molecule has 2 N–H and O–H groups in total. The average molecular weight is 151 g/mol. The van der Waals surface area contributed by atoms with Crippen molar-refractivity contribution >= 4 is 27.2 Å². The summed E-state index contributed by atoms with van der Waals surface area (Å²) in [6, 6.07) is 1.98. The Kier molecular flexibility index (Phi) is 1.07. The molecule has 50 valence electrons. The zero-order valence-corrected chi connectivity index (χ0v) is 5.93. The topological polar surface area (TPSA) is 51.8 Å². The summed E-state index contributed by atoms with van der Waals surface area (Å²) in [6.07, 6.45) is 1.71. The smallest absolute Gasteiger partial charge is 0.164 e. The van der Waals surface area contributed by atoms with E-state index in [2.05, 4.69) is 10.2 Å². The van der Waals surface area contributed by atoms with Crippen LogP contribution < -0.4 is 5.73 Å². The van der Waals surface area contributed by atoms with Crippen LogP contribution in [0.1, 0.15) is 0 Å². The quantitative estimate of drug-likeness (QED) is 0.617. The third-order valence-electron chi connectivity index (χ3n) is 1.29. The molecular weight excluding hydrogens is 146 g/mol. The van der Waals surface area contributed by atoms with Crippen molar-refractivity contribution in [2.24, 2.45) is 0 Å². The molecule has 0 atom stereocenters. The summed E-state index contributed by atoms with van der Waals surface area (Å²) in [5.41, 5.74) is 5.54. The first-order valence-corrected chi connectivity index (χ1v) is 3.70. The van der Waals surface area contributed by atoms with Gasteiger partial charge in [-0.15, -0.1) is 16.4 Å². The van der Waals surface area contributed by atoms with Crippen LogP contribution in [0.3, 0.4) is 0 Å². The molecule has 0 spiro atoms. The van der Waals surface area contributed by atoms with Crippen molar-refractivity contribution in [1.29, 1.82) is 0 Å². The molecule has 2 aromatic heterocycles. The second-order valence-corrected chi connectivity index (χ2v) is 2.85. The molecule has 0 aromatic carbocycles. The summed E-state index contributed by atoms with van der Waals surface area (Å²) in [5.74, 6) is 0.521. The minimum atomic E-state index is 0.521. The molecular formula is C6H5N3S. The van der Waals surface area contributed by atoms with E-state index in [9.17, 15) is 0 Å². The predicted molar refractivity (Wildman–Crippen MR) is 41.8 cm³/mol. The van der Waals surface area contributed by atoms with Crippen molar-refractivity contribution in [3.8, 4) is 0 Å². The molecule has 2 heterocycles. The first-order chi connectivity index (χ1) is 4.88. The van der Waals surface area contributed by atoms with E-state index < -0.39 is 0 Å². The summed E-state index contributed by atoms with van der Waals surface area (Å²) >= 11 is 1.59. The Hall–Kier alpha value is -1.16. The van der Waals surface area contributed by atoms with E-state index in [0.717, 1.165) is 10.1 Å². The van der Waals surface area contributed by atoms with Gasteiger partial charge in [-0.1, -0.05) is 0 Å². The van der Waals surface area contributed by atoms with Crippen molar-refractivity contribution in [3.05, 3.63) is 17.6 Å². The molecule has 0 aliphatic heterocycles. The van der Waals surface area contributed by atoms with Crippen molar-refractivity contribution < 1.29 is 0 Å². The number of nitrogen functional groups attached to an aromatic ring is 1. The summed E-state index contributed by atoms with van der Waals surface area (Å²) in [7, 11) is 0. The molecule has 0 radical (unpaired) electrons. The third-order valence-corrected chi connectivity index (χ3v) is 2.24. The maximum Gasteiger partial charge on any atom is 0.164 e. The molecule has 3 nitrogen and oxygen atoms in total. The lowest BCUT2D eigenvalue weighted by Crippen LogP contribution is -1.90. The molecule has 4 heteroatoms. The lowest BCUT2D eigenvalue weighted by Gasteiger charge is -1.89. The molecule has 0 saturated heterocycles. The summed E-state index contributed by atoms with van der Waals surface area (Å²) < 4.78 is 1.02. The van der Waals surface area contributed by atoms with Gasteiger partial charge in [0, 0.05) is 5.39 Å². The Morgan fingerprint density at radius 3 is 3.20 bits per heavy atom.